The van der Waals surface area contributed by atoms with Gasteiger partial charge in [-0.1, -0.05) is 163 Å². The first-order valence-corrected chi connectivity index (χ1v) is 23.7. The summed E-state index contributed by atoms with van der Waals surface area (Å²) in [5.41, 5.74) is 0. The highest BCUT2D eigenvalue weighted by molar-refractivity contribution is 7.47. The van der Waals surface area contributed by atoms with Gasteiger partial charge in [-0.25, -0.2) is 4.57 Å². The molecule has 2 unspecified atom stereocenters. The molecular weight excluding hydrogens is 739 g/mol. The minimum absolute atomic E-state index is 0.0523. The molecule has 12 nitrogen and oxygen atoms in total. The summed E-state index contributed by atoms with van der Waals surface area (Å²) in [4.78, 5) is 60.0. The maximum Gasteiger partial charge on any atom is 0.472 e. The first-order valence-electron chi connectivity index (χ1n) is 22.2. The van der Waals surface area contributed by atoms with Crippen molar-refractivity contribution in [2.75, 3.05) is 26.4 Å². The maximum absolute atomic E-state index is 12.9. The second kappa shape index (κ2) is 37.3. The molecule has 0 spiro atoms. The Balaban J connectivity index is 4.99. The molecular formula is C43H81O12P. The second-order valence-corrected chi connectivity index (χ2v) is 17.0. The number of carbonyl (C=O) groups is 4. The molecule has 0 fully saturated rings. The molecule has 1 N–H and O–H groups in total. The van der Waals surface area contributed by atoms with Crippen molar-refractivity contribution in [1.82, 2.24) is 0 Å². The number of ether oxygens (including phenoxy) is 4. The van der Waals surface area contributed by atoms with Crippen LogP contribution in [0.3, 0.4) is 0 Å². The Bertz CT molecular complexity index is 1040. The van der Waals surface area contributed by atoms with Crippen LogP contribution in [0, 0.1) is 5.92 Å². The Morgan fingerprint density at radius 3 is 1.16 bits per heavy atom. The summed E-state index contributed by atoms with van der Waals surface area (Å²) < 4.78 is 44.6. The molecule has 0 heterocycles. The monoisotopic (exact) mass is 821 g/mol. The zero-order chi connectivity index (χ0) is 41.7. The Hall–Kier alpha value is -2.01. The molecule has 3 atom stereocenters. The summed E-state index contributed by atoms with van der Waals surface area (Å²) in [5.74, 6) is -1.99. The molecule has 0 aromatic carbocycles. The van der Waals surface area contributed by atoms with Crippen molar-refractivity contribution in [3.05, 3.63) is 0 Å². The number of phosphoric acid groups is 1. The number of hydrogen-bond acceptors (Lipinski definition) is 11. The fourth-order valence-electron chi connectivity index (χ4n) is 6.02. The summed E-state index contributed by atoms with van der Waals surface area (Å²) in [5, 5.41) is 0. The van der Waals surface area contributed by atoms with E-state index in [9.17, 15) is 28.6 Å². The summed E-state index contributed by atoms with van der Waals surface area (Å²) in [7, 11) is -4.77. The van der Waals surface area contributed by atoms with E-state index in [1.807, 2.05) is 13.8 Å². The first kappa shape index (κ1) is 54.0. The molecule has 0 aliphatic rings. The minimum Gasteiger partial charge on any atom is -0.462 e. The van der Waals surface area contributed by atoms with Gasteiger partial charge in [-0.15, -0.1) is 0 Å². The molecule has 0 aliphatic carbocycles. The normalized spacial score (nSPS) is 13.6. The second-order valence-electron chi connectivity index (χ2n) is 15.6. The van der Waals surface area contributed by atoms with Crippen LogP contribution in [0.15, 0.2) is 0 Å². The molecule has 0 saturated heterocycles. The third-order valence-electron chi connectivity index (χ3n) is 9.30. The van der Waals surface area contributed by atoms with E-state index in [4.69, 9.17) is 28.0 Å². The van der Waals surface area contributed by atoms with Crippen molar-refractivity contribution in [2.24, 2.45) is 5.92 Å². The van der Waals surface area contributed by atoms with Crippen molar-refractivity contribution in [2.45, 2.75) is 220 Å². The molecule has 330 valence electrons. The molecule has 13 heteroatoms. The van der Waals surface area contributed by atoms with Crippen LogP contribution in [0.25, 0.3) is 0 Å². The first-order chi connectivity index (χ1) is 26.9. The molecule has 0 aromatic rings. The van der Waals surface area contributed by atoms with Crippen LogP contribution in [-0.4, -0.2) is 67.4 Å². The Morgan fingerprint density at radius 2 is 0.786 bits per heavy atom. The molecule has 0 rings (SSSR count). The van der Waals surface area contributed by atoms with Gasteiger partial charge in [0.25, 0.3) is 0 Å². The number of esters is 4. The highest BCUT2D eigenvalue weighted by Gasteiger charge is 2.29. The summed E-state index contributed by atoms with van der Waals surface area (Å²) in [6.45, 7) is 8.07. The van der Waals surface area contributed by atoms with Crippen molar-refractivity contribution in [1.29, 1.82) is 0 Å². The molecule has 0 aromatic heterocycles. The van der Waals surface area contributed by atoms with Crippen LogP contribution in [0.1, 0.15) is 208 Å². The maximum atomic E-state index is 12.9. The van der Waals surface area contributed by atoms with Gasteiger partial charge in [-0.2, -0.15) is 0 Å². The topological polar surface area (TPSA) is 161 Å². The van der Waals surface area contributed by atoms with Gasteiger partial charge in [0, 0.05) is 25.7 Å². The van der Waals surface area contributed by atoms with Crippen molar-refractivity contribution in [3.63, 3.8) is 0 Å². The Morgan fingerprint density at radius 1 is 0.446 bits per heavy atom. The lowest BCUT2D eigenvalue weighted by Crippen LogP contribution is -2.31. The molecule has 0 bridgehead atoms. The van der Waals surface area contributed by atoms with Crippen LogP contribution in [0.4, 0.5) is 0 Å². The number of hydrogen-bond donors (Lipinski definition) is 1. The summed E-state index contributed by atoms with van der Waals surface area (Å²) in [6.07, 6.45) is 24.1. The standard InChI is InChI=1S/C43H81O12P/c1-6-9-11-13-15-17-19-21-23-25-27-30-40(44)50-33-38(55-42(46)31-28-26-24-22-20-18-16-14-12-10-7-2)35-52-56(48,49)53-36-39(54-41(45)29-8-3)34-51-43(47)32-37(4)5/h37-39H,6-36H2,1-5H3,(H,48,49)/t38-,39?/m1/s1. The van der Waals surface area contributed by atoms with Crippen molar-refractivity contribution < 1.29 is 56.6 Å². The average molecular weight is 821 g/mol. The quantitative estimate of drug-likeness (QED) is 0.0270. The van der Waals surface area contributed by atoms with Crippen LogP contribution in [0.2, 0.25) is 0 Å². The SMILES string of the molecule is CCCCCCCCCCCCCC(=O)OC[C@H](COP(=O)(O)OCC(COC(=O)CC(C)C)OC(=O)CCC)OC(=O)CCCCCCCCCCCCC. The predicted molar refractivity (Wildman–Crippen MR) is 220 cm³/mol. The van der Waals surface area contributed by atoms with E-state index in [-0.39, 0.29) is 44.8 Å². The lowest BCUT2D eigenvalue weighted by molar-refractivity contribution is -0.162. The summed E-state index contributed by atoms with van der Waals surface area (Å²) in [6, 6.07) is 0. The van der Waals surface area contributed by atoms with Gasteiger partial charge in [0.15, 0.2) is 12.2 Å². The molecule has 56 heavy (non-hydrogen) atoms. The third-order valence-corrected chi connectivity index (χ3v) is 10.3. The van der Waals surface area contributed by atoms with E-state index < -0.39 is 57.1 Å². The highest BCUT2D eigenvalue weighted by atomic mass is 31.2. The lowest BCUT2D eigenvalue weighted by atomic mass is 10.1. The smallest absolute Gasteiger partial charge is 0.462 e. The third kappa shape index (κ3) is 36.3. The molecule has 0 amide bonds. The van der Waals surface area contributed by atoms with Gasteiger partial charge in [0.2, 0.25) is 0 Å². The Kier molecular flexibility index (Phi) is 35.9. The van der Waals surface area contributed by atoms with Gasteiger partial charge >= 0.3 is 31.7 Å². The number of rotatable bonds is 40. The van der Waals surface area contributed by atoms with Gasteiger partial charge in [0.05, 0.1) is 13.2 Å². The fraction of sp³-hybridized carbons (Fsp3) is 0.907. The fourth-order valence-corrected chi connectivity index (χ4v) is 6.81. The van der Waals surface area contributed by atoms with E-state index in [1.54, 1.807) is 6.92 Å². The van der Waals surface area contributed by atoms with Crippen LogP contribution < -0.4 is 0 Å². The number of carbonyl (C=O) groups excluding carboxylic acids is 4. The van der Waals surface area contributed by atoms with Gasteiger partial charge in [0.1, 0.15) is 13.2 Å². The summed E-state index contributed by atoms with van der Waals surface area (Å²) >= 11 is 0. The van der Waals surface area contributed by atoms with E-state index in [1.165, 1.54) is 89.9 Å². The van der Waals surface area contributed by atoms with Gasteiger partial charge in [-0.3, -0.25) is 28.2 Å². The number of unbranched alkanes of at least 4 members (excludes halogenated alkanes) is 20. The lowest BCUT2D eigenvalue weighted by Gasteiger charge is -2.22. The van der Waals surface area contributed by atoms with Crippen molar-refractivity contribution >= 4 is 31.7 Å². The average Bonchev–Trinajstić information content (AvgIpc) is 3.14. The number of phosphoric ester groups is 1. The molecule has 0 radical (unpaired) electrons. The zero-order valence-electron chi connectivity index (χ0n) is 36.0. The van der Waals surface area contributed by atoms with E-state index in [0.29, 0.717) is 19.3 Å². The highest BCUT2D eigenvalue weighted by Crippen LogP contribution is 2.43. The Labute approximate surface area is 340 Å². The van der Waals surface area contributed by atoms with E-state index in [2.05, 4.69) is 13.8 Å². The van der Waals surface area contributed by atoms with E-state index >= 15 is 0 Å². The van der Waals surface area contributed by atoms with Crippen molar-refractivity contribution in [3.8, 4) is 0 Å². The van der Waals surface area contributed by atoms with Crippen LogP contribution in [0.5, 0.6) is 0 Å². The van der Waals surface area contributed by atoms with Crippen LogP contribution in [-0.2, 0) is 51.7 Å². The zero-order valence-corrected chi connectivity index (χ0v) is 36.9. The largest absolute Gasteiger partial charge is 0.472 e. The van der Waals surface area contributed by atoms with Gasteiger partial charge < -0.3 is 23.8 Å². The van der Waals surface area contributed by atoms with Gasteiger partial charge in [-0.05, 0) is 25.2 Å². The molecule has 0 aliphatic heterocycles. The van der Waals surface area contributed by atoms with E-state index in [0.717, 1.165) is 38.5 Å². The molecule has 0 saturated carbocycles. The minimum atomic E-state index is -4.77. The predicted octanol–water partition coefficient (Wildman–Crippen LogP) is 11.3. The van der Waals surface area contributed by atoms with Crippen LogP contribution >= 0.6 is 7.82 Å².